The van der Waals surface area contributed by atoms with Crippen LogP contribution in [0.4, 0.5) is 0 Å². The largest absolute Gasteiger partial charge is 0.481 e. The second-order valence-corrected chi connectivity index (χ2v) is 4.15. The summed E-state index contributed by atoms with van der Waals surface area (Å²) >= 11 is 0. The summed E-state index contributed by atoms with van der Waals surface area (Å²) in [6.07, 6.45) is 2.32. The fourth-order valence-electron chi connectivity index (χ4n) is 1.38. The van der Waals surface area contributed by atoms with Crippen molar-refractivity contribution < 1.29 is 14.7 Å². The Hall–Kier alpha value is -1.36. The third kappa shape index (κ3) is 8.45. The second-order valence-electron chi connectivity index (χ2n) is 4.15. The highest BCUT2D eigenvalue weighted by Gasteiger charge is 2.13. The molecule has 0 radical (unpaired) electrons. The molecular weight excluding hydrogens is 220 g/mol. The van der Waals surface area contributed by atoms with Crippen LogP contribution >= 0.6 is 0 Å². The highest BCUT2D eigenvalue weighted by molar-refractivity contribution is 5.78. The molecule has 0 saturated carbocycles. The maximum Gasteiger partial charge on any atom is 0.303 e. The van der Waals surface area contributed by atoms with Gasteiger partial charge in [-0.05, 0) is 26.8 Å². The highest BCUT2D eigenvalue weighted by atomic mass is 16.4. The van der Waals surface area contributed by atoms with Crippen molar-refractivity contribution in [1.82, 2.24) is 10.2 Å². The van der Waals surface area contributed by atoms with Crippen molar-refractivity contribution in [2.75, 3.05) is 19.6 Å². The van der Waals surface area contributed by atoms with Gasteiger partial charge in [0, 0.05) is 19.0 Å². The van der Waals surface area contributed by atoms with Crippen LogP contribution in [0.15, 0.2) is 12.7 Å². The zero-order valence-electron chi connectivity index (χ0n) is 10.6. The molecule has 0 aliphatic heterocycles. The molecule has 0 aliphatic carbocycles. The first kappa shape index (κ1) is 15.6. The van der Waals surface area contributed by atoms with Gasteiger partial charge in [0.05, 0.1) is 6.54 Å². The summed E-state index contributed by atoms with van der Waals surface area (Å²) in [6.45, 7) is 8.87. The van der Waals surface area contributed by atoms with Crippen molar-refractivity contribution in [3.05, 3.63) is 12.7 Å². The molecule has 0 heterocycles. The summed E-state index contributed by atoms with van der Waals surface area (Å²) in [5.41, 5.74) is 0. The Morgan fingerprint density at radius 2 is 2.12 bits per heavy atom. The maximum atomic E-state index is 11.5. The molecule has 0 fully saturated rings. The summed E-state index contributed by atoms with van der Waals surface area (Å²) in [7, 11) is 0. The van der Waals surface area contributed by atoms with E-state index in [2.05, 4.69) is 11.9 Å². The predicted molar refractivity (Wildman–Crippen MR) is 66.8 cm³/mol. The first-order valence-corrected chi connectivity index (χ1v) is 5.80. The molecular formula is C12H22N2O3. The van der Waals surface area contributed by atoms with Crippen LogP contribution in [-0.4, -0.2) is 47.6 Å². The van der Waals surface area contributed by atoms with Gasteiger partial charge in [0.2, 0.25) is 5.91 Å². The fraction of sp³-hybridized carbons (Fsp3) is 0.667. The SMILES string of the molecule is C=CCNC(=O)CN(CCCC(=O)O)C(C)C. The van der Waals surface area contributed by atoms with Crippen LogP contribution in [0.25, 0.3) is 0 Å². The Kier molecular flexibility index (Phi) is 8.05. The van der Waals surface area contributed by atoms with Crippen molar-refractivity contribution in [3.63, 3.8) is 0 Å². The molecule has 17 heavy (non-hydrogen) atoms. The van der Waals surface area contributed by atoms with Crippen molar-refractivity contribution in [2.45, 2.75) is 32.7 Å². The quantitative estimate of drug-likeness (QED) is 0.588. The molecule has 0 spiro atoms. The number of hydrogen-bond acceptors (Lipinski definition) is 3. The number of hydrogen-bond donors (Lipinski definition) is 2. The molecule has 1 amide bonds. The fourth-order valence-corrected chi connectivity index (χ4v) is 1.38. The number of carbonyl (C=O) groups is 2. The Morgan fingerprint density at radius 3 is 2.59 bits per heavy atom. The van der Waals surface area contributed by atoms with Crippen molar-refractivity contribution in [3.8, 4) is 0 Å². The Bertz CT molecular complexity index is 264. The lowest BCUT2D eigenvalue weighted by Gasteiger charge is -2.25. The maximum absolute atomic E-state index is 11.5. The summed E-state index contributed by atoms with van der Waals surface area (Å²) in [5, 5.41) is 11.3. The van der Waals surface area contributed by atoms with E-state index in [1.54, 1.807) is 6.08 Å². The van der Waals surface area contributed by atoms with Gasteiger partial charge in [0.15, 0.2) is 0 Å². The number of rotatable bonds is 9. The number of carbonyl (C=O) groups excluding carboxylic acids is 1. The van der Waals surface area contributed by atoms with Crippen LogP contribution in [0.3, 0.4) is 0 Å². The third-order valence-electron chi connectivity index (χ3n) is 2.36. The average molecular weight is 242 g/mol. The van der Waals surface area contributed by atoms with E-state index in [0.717, 1.165) is 0 Å². The van der Waals surface area contributed by atoms with Gasteiger partial charge in [0.25, 0.3) is 0 Å². The van der Waals surface area contributed by atoms with Gasteiger partial charge in [-0.25, -0.2) is 0 Å². The Morgan fingerprint density at radius 1 is 1.47 bits per heavy atom. The number of nitrogens with zero attached hydrogens (tertiary/aromatic N) is 1. The van der Waals surface area contributed by atoms with E-state index < -0.39 is 5.97 Å². The van der Waals surface area contributed by atoms with E-state index in [1.807, 2.05) is 18.7 Å². The van der Waals surface area contributed by atoms with Gasteiger partial charge in [-0.3, -0.25) is 14.5 Å². The van der Waals surface area contributed by atoms with Gasteiger partial charge in [-0.15, -0.1) is 6.58 Å². The molecule has 5 nitrogen and oxygen atoms in total. The van der Waals surface area contributed by atoms with Gasteiger partial charge >= 0.3 is 5.97 Å². The van der Waals surface area contributed by atoms with E-state index in [0.29, 0.717) is 26.1 Å². The highest BCUT2D eigenvalue weighted by Crippen LogP contribution is 2.01. The van der Waals surface area contributed by atoms with Crippen LogP contribution in [0.1, 0.15) is 26.7 Å². The molecule has 5 heteroatoms. The zero-order valence-corrected chi connectivity index (χ0v) is 10.6. The van der Waals surface area contributed by atoms with E-state index in [1.165, 1.54) is 0 Å². The molecule has 0 bridgehead atoms. The predicted octanol–water partition coefficient (Wildman–Crippen LogP) is 0.864. The first-order chi connectivity index (χ1) is 7.97. The minimum Gasteiger partial charge on any atom is -0.481 e. The van der Waals surface area contributed by atoms with Crippen molar-refractivity contribution in [2.24, 2.45) is 0 Å². The van der Waals surface area contributed by atoms with Crippen LogP contribution in [0.5, 0.6) is 0 Å². The molecule has 0 atom stereocenters. The number of carboxylic acids is 1. The molecule has 0 unspecified atom stereocenters. The number of nitrogens with one attached hydrogen (secondary N) is 1. The van der Waals surface area contributed by atoms with Crippen LogP contribution in [0.2, 0.25) is 0 Å². The van der Waals surface area contributed by atoms with E-state index >= 15 is 0 Å². The molecule has 0 aromatic rings. The Labute approximate surface area is 102 Å². The van der Waals surface area contributed by atoms with Gasteiger partial charge < -0.3 is 10.4 Å². The lowest BCUT2D eigenvalue weighted by Crippen LogP contribution is -2.41. The molecule has 2 N–H and O–H groups in total. The standard InChI is InChI=1S/C12H22N2O3/c1-4-7-13-11(15)9-14(10(2)3)8-5-6-12(16)17/h4,10H,1,5-9H2,2-3H3,(H,13,15)(H,16,17). The first-order valence-electron chi connectivity index (χ1n) is 5.80. The number of carboxylic acid groups (broad SMARTS) is 1. The molecule has 0 saturated heterocycles. The zero-order chi connectivity index (χ0) is 13.3. The average Bonchev–Trinajstić information content (AvgIpc) is 2.24. The molecule has 98 valence electrons. The summed E-state index contributed by atoms with van der Waals surface area (Å²) in [6, 6.07) is 0.221. The third-order valence-corrected chi connectivity index (χ3v) is 2.36. The van der Waals surface area contributed by atoms with Crippen LogP contribution < -0.4 is 5.32 Å². The van der Waals surface area contributed by atoms with Crippen molar-refractivity contribution in [1.29, 1.82) is 0 Å². The van der Waals surface area contributed by atoms with Gasteiger partial charge in [-0.2, -0.15) is 0 Å². The Balaban J connectivity index is 4.01. The van der Waals surface area contributed by atoms with Gasteiger partial charge in [0.1, 0.15) is 0 Å². The van der Waals surface area contributed by atoms with E-state index in [4.69, 9.17) is 5.11 Å². The smallest absolute Gasteiger partial charge is 0.303 e. The molecule has 0 rings (SSSR count). The van der Waals surface area contributed by atoms with E-state index in [9.17, 15) is 9.59 Å². The number of amides is 1. The number of aliphatic carboxylic acids is 1. The minimum absolute atomic E-state index is 0.0612. The van der Waals surface area contributed by atoms with Gasteiger partial charge in [-0.1, -0.05) is 6.08 Å². The molecule has 0 aromatic heterocycles. The minimum atomic E-state index is -0.801. The normalized spacial score (nSPS) is 10.6. The van der Waals surface area contributed by atoms with Crippen molar-refractivity contribution >= 4 is 11.9 Å². The second kappa shape index (κ2) is 8.75. The summed E-state index contributed by atoms with van der Waals surface area (Å²) in [5.74, 6) is -0.862. The summed E-state index contributed by atoms with van der Waals surface area (Å²) < 4.78 is 0. The van der Waals surface area contributed by atoms with Crippen LogP contribution in [-0.2, 0) is 9.59 Å². The monoisotopic (exact) mass is 242 g/mol. The lowest BCUT2D eigenvalue weighted by atomic mass is 10.2. The summed E-state index contributed by atoms with van der Waals surface area (Å²) in [4.78, 5) is 23.9. The topological polar surface area (TPSA) is 69.6 Å². The van der Waals surface area contributed by atoms with E-state index in [-0.39, 0.29) is 18.4 Å². The molecule has 0 aromatic carbocycles. The lowest BCUT2D eigenvalue weighted by molar-refractivity contribution is -0.137. The van der Waals surface area contributed by atoms with Crippen LogP contribution in [0, 0.1) is 0 Å². The molecule has 0 aliphatic rings.